The summed E-state index contributed by atoms with van der Waals surface area (Å²) >= 11 is 7.37. The van der Waals surface area contributed by atoms with E-state index in [0.717, 1.165) is 5.56 Å². The number of anilines is 1. The van der Waals surface area contributed by atoms with E-state index in [4.69, 9.17) is 22.8 Å². The Morgan fingerprint density at radius 2 is 2.33 bits per heavy atom. The minimum atomic E-state index is -0.115. The molecule has 0 unspecified atom stereocenters. The quantitative estimate of drug-likeness (QED) is 0.667. The molecule has 0 radical (unpaired) electrons. The number of carbonyl (C=O) groups is 1. The van der Waals surface area contributed by atoms with Gasteiger partial charge in [-0.05, 0) is 18.6 Å². The van der Waals surface area contributed by atoms with Gasteiger partial charge in [0.15, 0.2) is 0 Å². The summed E-state index contributed by atoms with van der Waals surface area (Å²) in [5.41, 5.74) is 1.50. The molecule has 0 saturated heterocycles. The second-order valence-corrected chi connectivity index (χ2v) is 4.94. The standard InChI is InChI=1S/C13H14ClNO2S/c1-4-5-18-8-13(16)15-11-6-9(2)10(14)7-12(11)17-3/h1,6-7H,5,8H2,2-3H3,(H,15,16). The summed E-state index contributed by atoms with van der Waals surface area (Å²) < 4.78 is 5.17. The van der Waals surface area contributed by atoms with Crippen LogP contribution in [0.3, 0.4) is 0 Å². The van der Waals surface area contributed by atoms with E-state index in [-0.39, 0.29) is 5.91 Å². The van der Waals surface area contributed by atoms with Crippen LogP contribution < -0.4 is 10.1 Å². The lowest BCUT2D eigenvalue weighted by molar-refractivity contribution is -0.113. The molecule has 0 atom stereocenters. The number of benzene rings is 1. The first kappa shape index (κ1) is 14.7. The van der Waals surface area contributed by atoms with Gasteiger partial charge in [-0.15, -0.1) is 18.2 Å². The Morgan fingerprint density at radius 1 is 1.61 bits per heavy atom. The van der Waals surface area contributed by atoms with E-state index in [1.54, 1.807) is 12.1 Å². The fourth-order valence-corrected chi connectivity index (χ4v) is 1.95. The Morgan fingerprint density at radius 3 is 2.94 bits per heavy atom. The summed E-state index contributed by atoms with van der Waals surface area (Å²) in [6.45, 7) is 1.87. The number of terminal acetylenes is 1. The normalized spacial score (nSPS) is 9.67. The molecule has 0 aliphatic carbocycles. The summed E-state index contributed by atoms with van der Waals surface area (Å²) in [5, 5.41) is 3.38. The molecule has 1 amide bonds. The zero-order valence-electron chi connectivity index (χ0n) is 10.2. The number of methoxy groups -OCH3 is 1. The molecule has 1 N–H and O–H groups in total. The molecular weight excluding hydrogens is 270 g/mol. The monoisotopic (exact) mass is 283 g/mol. The molecule has 5 heteroatoms. The third-order valence-corrected chi connectivity index (χ3v) is 3.42. The highest BCUT2D eigenvalue weighted by atomic mass is 35.5. The van der Waals surface area contributed by atoms with Crippen molar-refractivity contribution >= 4 is 35.0 Å². The highest BCUT2D eigenvalue weighted by Gasteiger charge is 2.10. The Balaban J connectivity index is 2.74. The molecule has 0 fully saturated rings. The largest absolute Gasteiger partial charge is 0.495 e. The molecule has 1 aromatic carbocycles. The number of halogens is 1. The van der Waals surface area contributed by atoms with Gasteiger partial charge in [-0.1, -0.05) is 17.5 Å². The average Bonchev–Trinajstić information content (AvgIpc) is 2.34. The number of ether oxygens (including phenoxy) is 1. The van der Waals surface area contributed by atoms with Crippen LogP contribution in [0.2, 0.25) is 5.02 Å². The Kier molecular flexibility index (Phi) is 5.90. The summed E-state index contributed by atoms with van der Waals surface area (Å²) in [6.07, 6.45) is 5.11. The van der Waals surface area contributed by atoms with E-state index in [1.807, 2.05) is 6.92 Å². The number of hydrogen-bond acceptors (Lipinski definition) is 3. The zero-order chi connectivity index (χ0) is 13.5. The van der Waals surface area contributed by atoms with Gasteiger partial charge in [-0.25, -0.2) is 0 Å². The molecule has 18 heavy (non-hydrogen) atoms. The Hall–Kier alpha value is -1.31. The number of hydrogen-bond donors (Lipinski definition) is 1. The molecular formula is C13H14ClNO2S. The fraction of sp³-hybridized carbons (Fsp3) is 0.308. The fourth-order valence-electron chi connectivity index (χ4n) is 1.32. The van der Waals surface area contributed by atoms with Crippen molar-refractivity contribution in [2.75, 3.05) is 23.9 Å². The van der Waals surface area contributed by atoms with E-state index < -0.39 is 0 Å². The lowest BCUT2D eigenvalue weighted by Gasteiger charge is -2.12. The van der Waals surface area contributed by atoms with Crippen LogP contribution in [0.4, 0.5) is 5.69 Å². The number of thioether (sulfide) groups is 1. The number of aryl methyl sites for hydroxylation is 1. The minimum Gasteiger partial charge on any atom is -0.495 e. The molecule has 96 valence electrons. The van der Waals surface area contributed by atoms with Gasteiger partial charge in [0, 0.05) is 11.1 Å². The highest BCUT2D eigenvalue weighted by molar-refractivity contribution is 8.00. The predicted octanol–water partition coefficient (Wildman–Crippen LogP) is 2.96. The minimum absolute atomic E-state index is 0.115. The van der Waals surface area contributed by atoms with Gasteiger partial charge in [0.2, 0.25) is 5.91 Å². The van der Waals surface area contributed by atoms with Crippen LogP contribution in [-0.2, 0) is 4.79 Å². The van der Waals surface area contributed by atoms with Crippen LogP contribution in [0, 0.1) is 19.3 Å². The molecule has 0 bridgehead atoms. The lowest BCUT2D eigenvalue weighted by Crippen LogP contribution is -2.15. The van der Waals surface area contributed by atoms with Crippen molar-refractivity contribution in [3.63, 3.8) is 0 Å². The third kappa shape index (κ3) is 4.17. The second kappa shape index (κ2) is 7.20. The van der Waals surface area contributed by atoms with E-state index in [2.05, 4.69) is 11.2 Å². The summed E-state index contributed by atoms with van der Waals surface area (Å²) in [4.78, 5) is 11.7. The van der Waals surface area contributed by atoms with Crippen molar-refractivity contribution in [1.82, 2.24) is 0 Å². The van der Waals surface area contributed by atoms with Crippen molar-refractivity contribution < 1.29 is 9.53 Å². The Bertz CT molecular complexity index is 483. The maximum atomic E-state index is 11.7. The van der Waals surface area contributed by atoms with Gasteiger partial charge in [-0.3, -0.25) is 4.79 Å². The smallest absolute Gasteiger partial charge is 0.234 e. The van der Waals surface area contributed by atoms with Crippen molar-refractivity contribution in [2.45, 2.75) is 6.92 Å². The van der Waals surface area contributed by atoms with Crippen LogP contribution in [0.25, 0.3) is 0 Å². The maximum absolute atomic E-state index is 11.7. The molecule has 0 spiro atoms. The first-order valence-corrected chi connectivity index (χ1v) is 6.77. The van der Waals surface area contributed by atoms with Crippen LogP contribution in [0.15, 0.2) is 12.1 Å². The van der Waals surface area contributed by atoms with E-state index in [0.29, 0.717) is 28.0 Å². The molecule has 0 aliphatic heterocycles. The Labute approximate surface area is 116 Å². The topological polar surface area (TPSA) is 38.3 Å². The third-order valence-electron chi connectivity index (χ3n) is 2.17. The number of rotatable bonds is 5. The van der Waals surface area contributed by atoms with Gasteiger partial charge < -0.3 is 10.1 Å². The van der Waals surface area contributed by atoms with Gasteiger partial charge >= 0.3 is 0 Å². The zero-order valence-corrected chi connectivity index (χ0v) is 11.8. The molecule has 1 rings (SSSR count). The van der Waals surface area contributed by atoms with Gasteiger partial charge in [0.25, 0.3) is 0 Å². The maximum Gasteiger partial charge on any atom is 0.234 e. The van der Waals surface area contributed by atoms with Crippen molar-refractivity contribution in [2.24, 2.45) is 0 Å². The van der Waals surface area contributed by atoms with E-state index in [9.17, 15) is 4.79 Å². The van der Waals surface area contributed by atoms with Crippen molar-refractivity contribution in [3.8, 4) is 18.1 Å². The van der Waals surface area contributed by atoms with Crippen LogP contribution in [0.5, 0.6) is 5.75 Å². The van der Waals surface area contributed by atoms with Crippen LogP contribution in [-0.4, -0.2) is 24.5 Å². The molecule has 0 aliphatic rings. The number of amides is 1. The summed E-state index contributed by atoms with van der Waals surface area (Å²) in [5.74, 6) is 3.73. The number of carbonyl (C=O) groups excluding carboxylic acids is 1. The highest BCUT2D eigenvalue weighted by Crippen LogP contribution is 2.30. The van der Waals surface area contributed by atoms with Gasteiger partial charge in [-0.2, -0.15) is 0 Å². The SMILES string of the molecule is C#CCSCC(=O)Nc1cc(C)c(Cl)cc1OC. The van der Waals surface area contributed by atoms with Crippen molar-refractivity contribution in [3.05, 3.63) is 22.7 Å². The molecule has 1 aromatic rings. The molecule has 3 nitrogen and oxygen atoms in total. The molecule has 0 heterocycles. The average molecular weight is 284 g/mol. The molecule has 0 aromatic heterocycles. The second-order valence-electron chi connectivity index (χ2n) is 3.55. The number of nitrogens with one attached hydrogen (secondary N) is 1. The van der Waals surface area contributed by atoms with Crippen LogP contribution >= 0.6 is 23.4 Å². The predicted molar refractivity (Wildman–Crippen MR) is 77.5 cm³/mol. The summed E-state index contributed by atoms with van der Waals surface area (Å²) in [6, 6.07) is 3.46. The first-order chi connectivity index (χ1) is 8.58. The van der Waals surface area contributed by atoms with E-state index in [1.165, 1.54) is 18.9 Å². The van der Waals surface area contributed by atoms with Gasteiger partial charge in [0.1, 0.15) is 5.75 Å². The van der Waals surface area contributed by atoms with E-state index >= 15 is 0 Å². The first-order valence-electron chi connectivity index (χ1n) is 5.23. The lowest BCUT2D eigenvalue weighted by atomic mass is 10.2. The van der Waals surface area contributed by atoms with Gasteiger partial charge in [0.05, 0.1) is 24.3 Å². The molecule has 0 saturated carbocycles. The van der Waals surface area contributed by atoms with Crippen LogP contribution in [0.1, 0.15) is 5.56 Å². The summed E-state index contributed by atoms with van der Waals surface area (Å²) in [7, 11) is 1.53. The van der Waals surface area contributed by atoms with Crippen molar-refractivity contribution in [1.29, 1.82) is 0 Å².